The number of aryl methyl sites for hydroxylation is 1. The lowest BCUT2D eigenvalue weighted by atomic mass is 10.2. The third-order valence-corrected chi connectivity index (χ3v) is 6.58. The summed E-state index contributed by atoms with van der Waals surface area (Å²) in [5, 5.41) is 4.01. The quantitative estimate of drug-likeness (QED) is 0.360. The zero-order chi connectivity index (χ0) is 24.2. The van der Waals surface area contributed by atoms with Gasteiger partial charge < -0.3 is 15.0 Å². The lowest BCUT2D eigenvalue weighted by molar-refractivity contribution is -0.145. The molecule has 8 nitrogen and oxygen atoms in total. The fraction of sp³-hybridized carbons (Fsp3) is 0.280. The molecule has 0 saturated carbocycles. The minimum Gasteiger partial charge on any atom is -0.468 e. The third kappa shape index (κ3) is 5.32. The fourth-order valence-electron chi connectivity index (χ4n) is 3.47. The van der Waals surface area contributed by atoms with E-state index in [0.717, 1.165) is 32.5 Å². The molecule has 1 atom stereocenters. The van der Waals surface area contributed by atoms with Crippen molar-refractivity contribution in [2.24, 2.45) is 0 Å². The first-order chi connectivity index (χ1) is 16.3. The fourth-order valence-corrected chi connectivity index (χ4v) is 4.31. The van der Waals surface area contributed by atoms with E-state index in [1.54, 1.807) is 6.20 Å². The van der Waals surface area contributed by atoms with Crippen LogP contribution in [0.5, 0.6) is 0 Å². The molecule has 0 aliphatic rings. The second kappa shape index (κ2) is 10.1. The van der Waals surface area contributed by atoms with E-state index < -0.39 is 0 Å². The van der Waals surface area contributed by atoms with E-state index >= 15 is 0 Å². The molecular formula is C25H28N6O2S. The summed E-state index contributed by atoms with van der Waals surface area (Å²) in [5.74, 6) is 1.28. The maximum Gasteiger partial charge on any atom is 0.322 e. The molecule has 0 saturated heterocycles. The molecule has 0 bridgehead atoms. The number of thiazole rings is 1. The maximum absolute atomic E-state index is 11.8. The number of methoxy groups -OCH3 is 1. The summed E-state index contributed by atoms with van der Waals surface area (Å²) in [7, 11) is 5.30. The Bertz CT molecular complexity index is 1290. The number of nitrogens with zero attached hydrogens (tertiary/aromatic N) is 5. The Hall–Kier alpha value is -3.56. The second-order valence-corrected chi connectivity index (χ2v) is 9.17. The molecule has 0 aliphatic carbocycles. The van der Waals surface area contributed by atoms with Crippen LogP contribution in [0.25, 0.3) is 10.3 Å². The monoisotopic (exact) mass is 476 g/mol. The number of carbonyl (C=O) groups is 1. The number of likely N-dealkylation sites (N-methyl/N-ethyl adjacent to an activating group) is 1. The summed E-state index contributed by atoms with van der Waals surface area (Å²) in [4.78, 5) is 30.5. The minimum absolute atomic E-state index is 0.260. The van der Waals surface area contributed by atoms with Gasteiger partial charge in [0.1, 0.15) is 28.0 Å². The molecule has 4 rings (SSSR count). The second-order valence-electron chi connectivity index (χ2n) is 8.20. The van der Waals surface area contributed by atoms with Crippen LogP contribution in [0, 0.1) is 6.92 Å². The zero-order valence-electron chi connectivity index (χ0n) is 19.9. The Kier molecular flexibility index (Phi) is 7.04. The molecule has 0 aliphatic heterocycles. The van der Waals surface area contributed by atoms with Crippen LogP contribution in [-0.2, 0) is 16.1 Å². The van der Waals surface area contributed by atoms with Crippen molar-refractivity contribution in [1.29, 1.82) is 0 Å². The number of nitrogens with one attached hydrogen (secondary N) is 1. The number of anilines is 4. The van der Waals surface area contributed by atoms with E-state index in [2.05, 4.69) is 51.4 Å². The number of carbonyl (C=O) groups excluding carboxylic acids is 1. The van der Waals surface area contributed by atoms with Gasteiger partial charge in [0.2, 0.25) is 0 Å². The first kappa shape index (κ1) is 23.6. The average molecular weight is 477 g/mol. The molecule has 176 valence electrons. The highest BCUT2D eigenvalue weighted by Crippen LogP contribution is 2.30. The Morgan fingerprint density at radius 3 is 2.62 bits per heavy atom. The highest BCUT2D eigenvalue weighted by molar-refractivity contribution is 7.21. The van der Waals surface area contributed by atoms with Gasteiger partial charge >= 0.3 is 5.97 Å². The summed E-state index contributed by atoms with van der Waals surface area (Å²) in [6.07, 6.45) is 1.74. The summed E-state index contributed by atoms with van der Waals surface area (Å²) in [6.45, 7) is 4.49. The molecule has 9 heteroatoms. The van der Waals surface area contributed by atoms with Crippen molar-refractivity contribution >= 4 is 50.1 Å². The van der Waals surface area contributed by atoms with Crippen molar-refractivity contribution in [2.45, 2.75) is 26.4 Å². The van der Waals surface area contributed by atoms with Gasteiger partial charge in [-0.15, -0.1) is 0 Å². The molecule has 3 heterocycles. The van der Waals surface area contributed by atoms with Crippen molar-refractivity contribution in [3.63, 3.8) is 0 Å². The van der Waals surface area contributed by atoms with Crippen LogP contribution in [-0.4, -0.2) is 53.1 Å². The summed E-state index contributed by atoms with van der Waals surface area (Å²) >= 11 is 1.48. The number of pyridine rings is 2. The van der Waals surface area contributed by atoms with E-state index in [1.165, 1.54) is 24.0 Å². The Morgan fingerprint density at radius 1 is 1.12 bits per heavy atom. The first-order valence-corrected chi connectivity index (χ1v) is 11.7. The van der Waals surface area contributed by atoms with Crippen molar-refractivity contribution in [1.82, 2.24) is 19.9 Å². The number of esters is 1. The first-order valence-electron chi connectivity index (χ1n) is 10.9. The summed E-state index contributed by atoms with van der Waals surface area (Å²) in [5.41, 5.74) is 4.15. The van der Waals surface area contributed by atoms with Crippen LogP contribution in [0.15, 0.2) is 54.7 Å². The Labute approximate surface area is 203 Å². The van der Waals surface area contributed by atoms with E-state index in [0.29, 0.717) is 12.4 Å². The van der Waals surface area contributed by atoms with Crippen LogP contribution in [0.1, 0.15) is 18.1 Å². The zero-order valence-corrected chi connectivity index (χ0v) is 20.8. The topological polar surface area (TPSA) is 83.5 Å². The molecule has 4 aromatic rings. The molecule has 0 spiro atoms. The van der Waals surface area contributed by atoms with Crippen molar-refractivity contribution in [3.8, 4) is 0 Å². The highest BCUT2D eigenvalue weighted by atomic mass is 32.1. The Balaban J connectivity index is 1.49. The number of benzene rings is 1. The van der Waals surface area contributed by atoms with Crippen molar-refractivity contribution in [3.05, 3.63) is 65.9 Å². The van der Waals surface area contributed by atoms with Crippen LogP contribution in [0.2, 0.25) is 0 Å². The van der Waals surface area contributed by atoms with Crippen LogP contribution < -0.4 is 10.2 Å². The number of aromatic nitrogens is 3. The predicted octanol–water partition coefficient (Wildman–Crippen LogP) is 4.90. The summed E-state index contributed by atoms with van der Waals surface area (Å²) in [6, 6.07) is 15.9. The van der Waals surface area contributed by atoms with Gasteiger partial charge in [0.05, 0.1) is 7.11 Å². The van der Waals surface area contributed by atoms with E-state index in [9.17, 15) is 4.79 Å². The van der Waals surface area contributed by atoms with Crippen molar-refractivity contribution < 1.29 is 9.53 Å². The number of fused-ring (bicyclic) bond motifs is 1. The normalized spacial score (nSPS) is 12.1. The van der Waals surface area contributed by atoms with Gasteiger partial charge in [-0.3, -0.25) is 9.69 Å². The third-order valence-electron chi connectivity index (χ3n) is 5.70. The maximum atomic E-state index is 11.8. The molecule has 34 heavy (non-hydrogen) atoms. The van der Waals surface area contributed by atoms with Crippen LogP contribution in [0.3, 0.4) is 0 Å². The molecular weight excluding hydrogens is 448 g/mol. The SMILES string of the molecule is COC(=O)C(C)N(C)Cc1ccnc(Nc2nc3ccc(N(C)c4ccc(C)cc4)nc3s2)c1. The van der Waals surface area contributed by atoms with Gasteiger partial charge in [-0.25, -0.2) is 15.0 Å². The van der Waals surface area contributed by atoms with E-state index in [1.807, 2.05) is 50.2 Å². The number of hydrogen-bond donors (Lipinski definition) is 1. The number of ether oxygens (including phenoxy) is 1. The minimum atomic E-state index is -0.336. The molecule has 0 fully saturated rings. The predicted molar refractivity (Wildman–Crippen MR) is 137 cm³/mol. The summed E-state index contributed by atoms with van der Waals surface area (Å²) < 4.78 is 4.83. The molecule has 0 radical (unpaired) electrons. The largest absolute Gasteiger partial charge is 0.468 e. The molecule has 0 amide bonds. The molecule has 1 N–H and O–H groups in total. The highest BCUT2D eigenvalue weighted by Gasteiger charge is 2.18. The number of hydrogen-bond acceptors (Lipinski definition) is 9. The van der Waals surface area contributed by atoms with E-state index in [4.69, 9.17) is 9.72 Å². The standard InChI is InChI=1S/C25H28N6O2S/c1-16-6-8-19(9-7-16)31(4)22-11-10-20-23(29-22)34-25(27-20)28-21-14-18(12-13-26-21)15-30(3)17(2)24(32)33-5/h6-14,17H,15H2,1-5H3,(H,26,27,28). The lowest BCUT2D eigenvalue weighted by Crippen LogP contribution is -2.36. The van der Waals surface area contributed by atoms with Gasteiger partial charge in [-0.05, 0) is 62.9 Å². The molecule has 1 unspecified atom stereocenters. The van der Waals surface area contributed by atoms with Gasteiger partial charge in [-0.2, -0.15) is 0 Å². The lowest BCUT2D eigenvalue weighted by Gasteiger charge is -2.22. The van der Waals surface area contributed by atoms with Gasteiger partial charge in [0.25, 0.3) is 0 Å². The van der Waals surface area contributed by atoms with Gasteiger partial charge in [-0.1, -0.05) is 29.0 Å². The number of rotatable bonds is 8. The van der Waals surface area contributed by atoms with E-state index in [-0.39, 0.29) is 12.0 Å². The van der Waals surface area contributed by atoms with Crippen LogP contribution in [0.4, 0.5) is 22.5 Å². The molecule has 3 aromatic heterocycles. The smallest absolute Gasteiger partial charge is 0.322 e. The van der Waals surface area contributed by atoms with Gasteiger partial charge in [0.15, 0.2) is 5.13 Å². The van der Waals surface area contributed by atoms with Crippen LogP contribution >= 0.6 is 11.3 Å². The molecule has 1 aromatic carbocycles. The average Bonchev–Trinajstić information content (AvgIpc) is 3.24. The Morgan fingerprint density at radius 2 is 1.88 bits per heavy atom. The van der Waals surface area contributed by atoms with Gasteiger partial charge in [0, 0.05) is 25.5 Å². The van der Waals surface area contributed by atoms with Crippen molar-refractivity contribution in [2.75, 3.05) is 31.4 Å².